The number of para-hydroxylation sites is 1. The Morgan fingerprint density at radius 1 is 1.30 bits per heavy atom. The predicted octanol–water partition coefficient (Wildman–Crippen LogP) is 4.31. The smallest absolute Gasteiger partial charge is 0.201 e. The number of nitrogen functional groups attached to an aromatic ring is 1. The van der Waals surface area contributed by atoms with E-state index in [4.69, 9.17) is 5.73 Å². The molecule has 2 N–H and O–H groups in total. The molecule has 1 fully saturated rings. The summed E-state index contributed by atoms with van der Waals surface area (Å²) in [5, 5.41) is 0. The first-order chi connectivity index (χ1) is 9.37. The highest BCUT2D eigenvalue weighted by atomic mass is 15.2. The van der Waals surface area contributed by atoms with Crippen molar-refractivity contribution < 1.29 is 0 Å². The summed E-state index contributed by atoms with van der Waals surface area (Å²) in [5.41, 5.74) is 10.1. The summed E-state index contributed by atoms with van der Waals surface area (Å²) in [4.78, 5) is 4.60. The monoisotopic (exact) mass is 271 g/mol. The normalized spacial score (nSPS) is 26.0. The average Bonchev–Trinajstić information content (AvgIpc) is 2.64. The standard InChI is InChI=1S/C17H25N3/c1-11-8-13(10-17(3,4)9-11)20-14-7-5-6-12(2)15(14)19-16(20)18/h5-7,11,13H,8-10H2,1-4H3,(H2,18,19)/t11-,13+/m1/s1. The lowest BCUT2D eigenvalue weighted by Gasteiger charge is -2.40. The van der Waals surface area contributed by atoms with Crippen LogP contribution in [0.3, 0.4) is 0 Å². The molecular formula is C17H25N3. The zero-order valence-electron chi connectivity index (χ0n) is 13.0. The minimum Gasteiger partial charge on any atom is -0.369 e. The number of rotatable bonds is 1. The van der Waals surface area contributed by atoms with Crippen LogP contribution in [0.25, 0.3) is 11.0 Å². The molecule has 1 aromatic heterocycles. The van der Waals surface area contributed by atoms with E-state index in [-0.39, 0.29) is 0 Å². The van der Waals surface area contributed by atoms with Gasteiger partial charge in [0.25, 0.3) is 0 Å². The Morgan fingerprint density at radius 2 is 2.05 bits per heavy atom. The Morgan fingerprint density at radius 3 is 2.75 bits per heavy atom. The van der Waals surface area contributed by atoms with Gasteiger partial charge >= 0.3 is 0 Å². The fraction of sp³-hybridized carbons (Fsp3) is 0.588. The zero-order chi connectivity index (χ0) is 14.5. The highest BCUT2D eigenvalue weighted by Crippen LogP contribution is 2.45. The van der Waals surface area contributed by atoms with Gasteiger partial charge in [-0.1, -0.05) is 32.9 Å². The van der Waals surface area contributed by atoms with Gasteiger partial charge < -0.3 is 10.3 Å². The third kappa shape index (κ3) is 2.19. The fourth-order valence-electron chi connectivity index (χ4n) is 4.15. The second-order valence-corrected chi connectivity index (χ2v) is 7.35. The number of anilines is 1. The highest BCUT2D eigenvalue weighted by Gasteiger charge is 2.34. The molecule has 1 aliphatic rings. The first-order valence-corrected chi connectivity index (χ1v) is 7.60. The van der Waals surface area contributed by atoms with E-state index in [2.05, 4.69) is 55.4 Å². The number of hydrogen-bond acceptors (Lipinski definition) is 2. The third-order valence-electron chi connectivity index (χ3n) is 4.68. The summed E-state index contributed by atoms with van der Waals surface area (Å²) in [6.07, 6.45) is 3.68. The van der Waals surface area contributed by atoms with Gasteiger partial charge in [-0.15, -0.1) is 0 Å². The number of benzene rings is 1. The lowest BCUT2D eigenvalue weighted by Crippen LogP contribution is -2.29. The van der Waals surface area contributed by atoms with Crippen LogP contribution in [-0.2, 0) is 0 Å². The maximum atomic E-state index is 6.24. The third-order valence-corrected chi connectivity index (χ3v) is 4.68. The Balaban J connectivity index is 2.10. The second kappa shape index (κ2) is 4.51. The zero-order valence-corrected chi connectivity index (χ0v) is 13.0. The van der Waals surface area contributed by atoms with Crippen molar-refractivity contribution in [2.45, 2.75) is 53.0 Å². The van der Waals surface area contributed by atoms with Crippen LogP contribution < -0.4 is 5.73 Å². The molecule has 2 atom stereocenters. The molecule has 1 aromatic carbocycles. The number of imidazole rings is 1. The van der Waals surface area contributed by atoms with Crippen molar-refractivity contribution in [1.29, 1.82) is 0 Å². The molecule has 3 nitrogen and oxygen atoms in total. The van der Waals surface area contributed by atoms with Crippen LogP contribution >= 0.6 is 0 Å². The van der Waals surface area contributed by atoms with Crippen LogP contribution in [0, 0.1) is 18.3 Å². The molecule has 0 unspecified atom stereocenters. The van der Waals surface area contributed by atoms with Crippen LogP contribution in [0.1, 0.15) is 51.6 Å². The number of hydrogen-bond donors (Lipinski definition) is 1. The van der Waals surface area contributed by atoms with Crippen LogP contribution in [0.5, 0.6) is 0 Å². The summed E-state index contributed by atoms with van der Waals surface area (Å²) in [6.45, 7) is 9.20. The molecule has 0 spiro atoms. The highest BCUT2D eigenvalue weighted by molar-refractivity contribution is 5.81. The van der Waals surface area contributed by atoms with Crippen molar-refractivity contribution in [2.75, 3.05) is 5.73 Å². The summed E-state index contributed by atoms with van der Waals surface area (Å²) in [6, 6.07) is 6.83. The molecular weight excluding hydrogens is 246 g/mol. The molecule has 1 heterocycles. The quantitative estimate of drug-likeness (QED) is 0.839. The van der Waals surface area contributed by atoms with Crippen molar-refractivity contribution in [3.63, 3.8) is 0 Å². The van der Waals surface area contributed by atoms with E-state index in [1.165, 1.54) is 30.3 Å². The van der Waals surface area contributed by atoms with E-state index < -0.39 is 0 Å². The van der Waals surface area contributed by atoms with Gasteiger partial charge in [-0.25, -0.2) is 4.98 Å². The Kier molecular flexibility index (Phi) is 3.03. The summed E-state index contributed by atoms with van der Waals surface area (Å²) < 4.78 is 2.28. The molecule has 0 amide bonds. The van der Waals surface area contributed by atoms with E-state index in [9.17, 15) is 0 Å². The molecule has 3 rings (SSSR count). The molecule has 0 radical (unpaired) electrons. The van der Waals surface area contributed by atoms with Crippen molar-refractivity contribution in [3.8, 4) is 0 Å². The minimum atomic E-state index is 0.384. The molecule has 3 heteroatoms. The number of aromatic nitrogens is 2. The van der Waals surface area contributed by atoms with Crippen molar-refractivity contribution in [2.24, 2.45) is 11.3 Å². The van der Waals surface area contributed by atoms with E-state index in [1.54, 1.807) is 0 Å². The number of fused-ring (bicyclic) bond motifs is 1. The number of nitrogens with two attached hydrogens (primary N) is 1. The van der Waals surface area contributed by atoms with Crippen LogP contribution in [-0.4, -0.2) is 9.55 Å². The van der Waals surface area contributed by atoms with Gasteiger partial charge in [0.15, 0.2) is 0 Å². The fourth-order valence-corrected chi connectivity index (χ4v) is 4.15. The van der Waals surface area contributed by atoms with Gasteiger partial charge in [-0.3, -0.25) is 0 Å². The van der Waals surface area contributed by atoms with Gasteiger partial charge in [0.2, 0.25) is 5.95 Å². The molecule has 1 saturated carbocycles. The Labute approximate surface area is 121 Å². The van der Waals surface area contributed by atoms with E-state index >= 15 is 0 Å². The molecule has 2 aromatic rings. The van der Waals surface area contributed by atoms with Gasteiger partial charge in [0.05, 0.1) is 11.0 Å². The van der Waals surface area contributed by atoms with Crippen molar-refractivity contribution in [3.05, 3.63) is 23.8 Å². The lowest BCUT2D eigenvalue weighted by atomic mass is 9.70. The Hall–Kier alpha value is -1.51. The summed E-state index contributed by atoms with van der Waals surface area (Å²) in [7, 11) is 0. The first-order valence-electron chi connectivity index (χ1n) is 7.60. The maximum absolute atomic E-state index is 6.24. The minimum absolute atomic E-state index is 0.384. The number of nitrogens with zero attached hydrogens (tertiary/aromatic N) is 2. The largest absolute Gasteiger partial charge is 0.369 e. The maximum Gasteiger partial charge on any atom is 0.201 e. The van der Waals surface area contributed by atoms with Gasteiger partial charge in [-0.05, 0) is 49.1 Å². The van der Waals surface area contributed by atoms with Gasteiger partial charge in [-0.2, -0.15) is 0 Å². The molecule has 20 heavy (non-hydrogen) atoms. The molecule has 1 aliphatic carbocycles. The SMILES string of the molecule is Cc1cccc2c1nc(N)n2[C@H]1C[C@@H](C)CC(C)(C)C1. The predicted molar refractivity (Wildman–Crippen MR) is 84.7 cm³/mol. The topological polar surface area (TPSA) is 43.8 Å². The van der Waals surface area contributed by atoms with Crippen molar-refractivity contribution >= 4 is 17.0 Å². The molecule has 0 bridgehead atoms. The average molecular weight is 271 g/mol. The van der Waals surface area contributed by atoms with Crippen LogP contribution in [0.4, 0.5) is 5.95 Å². The molecule has 0 aliphatic heterocycles. The van der Waals surface area contributed by atoms with E-state index in [0.717, 1.165) is 11.4 Å². The van der Waals surface area contributed by atoms with Gasteiger partial charge in [0, 0.05) is 6.04 Å². The van der Waals surface area contributed by atoms with E-state index in [0.29, 0.717) is 17.4 Å². The summed E-state index contributed by atoms with van der Waals surface area (Å²) >= 11 is 0. The second-order valence-electron chi connectivity index (χ2n) is 7.35. The first kappa shape index (κ1) is 13.5. The lowest BCUT2D eigenvalue weighted by molar-refractivity contribution is 0.140. The van der Waals surface area contributed by atoms with Gasteiger partial charge in [0.1, 0.15) is 0 Å². The number of aryl methyl sites for hydroxylation is 1. The van der Waals surface area contributed by atoms with Crippen LogP contribution in [0.15, 0.2) is 18.2 Å². The van der Waals surface area contributed by atoms with E-state index in [1.807, 2.05) is 0 Å². The molecule has 108 valence electrons. The summed E-state index contributed by atoms with van der Waals surface area (Å²) in [5.74, 6) is 1.41. The van der Waals surface area contributed by atoms with Crippen molar-refractivity contribution in [1.82, 2.24) is 9.55 Å². The molecule has 0 saturated heterocycles. The Bertz CT molecular complexity index is 639. The van der Waals surface area contributed by atoms with Crippen LogP contribution in [0.2, 0.25) is 0 Å².